The van der Waals surface area contributed by atoms with Gasteiger partial charge in [-0.25, -0.2) is 4.99 Å². The molecule has 0 radical (unpaired) electrons. The van der Waals surface area contributed by atoms with Crippen molar-refractivity contribution in [3.8, 4) is 0 Å². The fraction of sp³-hybridized carbons (Fsp3) is 0.500. The number of H-pyrrole nitrogens is 1. The summed E-state index contributed by atoms with van der Waals surface area (Å²) >= 11 is 0. The summed E-state index contributed by atoms with van der Waals surface area (Å²) in [7, 11) is 0. The standard InChI is InChI=1S/C8H14N4O/c1-3-4-7-5-9-11-8(7)10-6(2)12-13/h5,13H,3-4H2,1-2H3,(H2,9,10,11,12). The summed E-state index contributed by atoms with van der Waals surface area (Å²) in [6, 6.07) is 0. The topological polar surface area (TPSA) is 73.3 Å². The van der Waals surface area contributed by atoms with Crippen LogP contribution in [0.4, 0.5) is 5.82 Å². The molecule has 0 aliphatic rings. The first-order valence-electron chi connectivity index (χ1n) is 4.25. The molecule has 0 unspecified atom stereocenters. The Balaban J connectivity index is 2.81. The van der Waals surface area contributed by atoms with E-state index in [2.05, 4.69) is 22.1 Å². The van der Waals surface area contributed by atoms with Crippen molar-refractivity contribution < 1.29 is 5.21 Å². The summed E-state index contributed by atoms with van der Waals surface area (Å²) in [5.41, 5.74) is 3.04. The van der Waals surface area contributed by atoms with Crippen molar-refractivity contribution in [1.82, 2.24) is 15.7 Å². The zero-order chi connectivity index (χ0) is 9.68. The van der Waals surface area contributed by atoms with Gasteiger partial charge in [0.05, 0.1) is 6.20 Å². The van der Waals surface area contributed by atoms with E-state index >= 15 is 0 Å². The second kappa shape index (κ2) is 4.61. The summed E-state index contributed by atoms with van der Waals surface area (Å²) < 4.78 is 0. The number of aryl methyl sites for hydroxylation is 1. The van der Waals surface area contributed by atoms with Gasteiger partial charge in [0.15, 0.2) is 5.82 Å². The minimum absolute atomic E-state index is 0.446. The molecule has 0 aliphatic heterocycles. The summed E-state index contributed by atoms with van der Waals surface area (Å²) in [6.45, 7) is 3.77. The molecule has 1 rings (SSSR count). The van der Waals surface area contributed by atoms with Crippen LogP contribution in [0.1, 0.15) is 25.8 Å². The van der Waals surface area contributed by atoms with Crippen LogP contribution in [0.25, 0.3) is 0 Å². The van der Waals surface area contributed by atoms with Crippen molar-refractivity contribution in [2.45, 2.75) is 26.7 Å². The molecule has 0 spiro atoms. The Morgan fingerprint density at radius 2 is 2.54 bits per heavy atom. The highest BCUT2D eigenvalue weighted by Gasteiger charge is 2.02. The number of aromatic amines is 1. The van der Waals surface area contributed by atoms with E-state index < -0.39 is 0 Å². The molecule has 1 aromatic rings. The third kappa shape index (κ3) is 2.55. The van der Waals surface area contributed by atoms with Crippen molar-refractivity contribution in [3.63, 3.8) is 0 Å². The number of rotatable bonds is 3. The smallest absolute Gasteiger partial charge is 0.153 e. The van der Waals surface area contributed by atoms with Gasteiger partial charge in [0.1, 0.15) is 5.84 Å². The van der Waals surface area contributed by atoms with Gasteiger partial charge in [-0.15, -0.1) is 0 Å². The Kier molecular flexibility index (Phi) is 3.45. The van der Waals surface area contributed by atoms with Crippen LogP contribution in [0.15, 0.2) is 11.2 Å². The van der Waals surface area contributed by atoms with E-state index in [9.17, 15) is 0 Å². The van der Waals surface area contributed by atoms with Crippen LogP contribution in [-0.2, 0) is 6.42 Å². The number of nitrogens with zero attached hydrogens (tertiary/aromatic N) is 2. The molecule has 72 valence electrons. The lowest BCUT2D eigenvalue weighted by atomic mass is 10.2. The fourth-order valence-electron chi connectivity index (χ4n) is 1.05. The Labute approximate surface area is 76.8 Å². The Morgan fingerprint density at radius 3 is 3.15 bits per heavy atom. The summed E-state index contributed by atoms with van der Waals surface area (Å²) in [5, 5.41) is 15.2. The predicted molar refractivity (Wildman–Crippen MR) is 50.3 cm³/mol. The third-order valence-electron chi connectivity index (χ3n) is 1.66. The van der Waals surface area contributed by atoms with Crippen LogP contribution in [0.2, 0.25) is 0 Å². The van der Waals surface area contributed by atoms with E-state index in [1.165, 1.54) is 0 Å². The molecule has 5 heteroatoms. The lowest BCUT2D eigenvalue weighted by Crippen LogP contribution is -2.14. The Hall–Kier alpha value is -1.36. The Morgan fingerprint density at radius 1 is 1.77 bits per heavy atom. The van der Waals surface area contributed by atoms with Gasteiger partial charge in [0.2, 0.25) is 0 Å². The number of aromatic nitrogens is 2. The number of hydrogen-bond donors (Lipinski definition) is 3. The van der Waals surface area contributed by atoms with Crippen LogP contribution >= 0.6 is 0 Å². The van der Waals surface area contributed by atoms with Gasteiger partial charge in [-0.1, -0.05) is 13.3 Å². The molecule has 0 atom stereocenters. The number of nitrogens with one attached hydrogen (secondary N) is 2. The zero-order valence-corrected chi connectivity index (χ0v) is 7.83. The van der Waals surface area contributed by atoms with Crippen molar-refractivity contribution in [2.24, 2.45) is 4.99 Å². The molecule has 13 heavy (non-hydrogen) atoms. The molecular formula is C8H14N4O. The minimum atomic E-state index is 0.446. The molecule has 0 aromatic carbocycles. The molecule has 0 bridgehead atoms. The second-order valence-electron chi connectivity index (χ2n) is 2.80. The van der Waals surface area contributed by atoms with E-state index in [0.29, 0.717) is 11.7 Å². The maximum Gasteiger partial charge on any atom is 0.153 e. The highest BCUT2D eigenvalue weighted by Crippen LogP contribution is 2.16. The van der Waals surface area contributed by atoms with Gasteiger partial charge in [-0.05, 0) is 13.3 Å². The monoisotopic (exact) mass is 182 g/mol. The first-order valence-corrected chi connectivity index (χ1v) is 4.25. The maximum atomic E-state index is 8.54. The van der Waals surface area contributed by atoms with Gasteiger partial charge in [-0.2, -0.15) is 5.10 Å². The number of hydrogen-bond acceptors (Lipinski definition) is 3. The maximum absolute atomic E-state index is 8.54. The molecule has 0 fully saturated rings. The van der Waals surface area contributed by atoms with Gasteiger partial charge >= 0.3 is 0 Å². The van der Waals surface area contributed by atoms with Gasteiger partial charge in [0.25, 0.3) is 0 Å². The molecule has 0 amide bonds. The van der Waals surface area contributed by atoms with Crippen LogP contribution in [0.3, 0.4) is 0 Å². The predicted octanol–water partition coefficient (Wildman–Crippen LogP) is 1.39. The van der Waals surface area contributed by atoms with Crippen LogP contribution in [0.5, 0.6) is 0 Å². The average Bonchev–Trinajstić information content (AvgIpc) is 2.54. The quantitative estimate of drug-likeness (QED) is 0.375. The SMILES string of the molecule is CCCc1cn[nH]c1N=C(C)NO. The van der Waals surface area contributed by atoms with Crippen molar-refractivity contribution in [3.05, 3.63) is 11.8 Å². The summed E-state index contributed by atoms with van der Waals surface area (Å²) in [5.74, 6) is 1.16. The molecule has 0 saturated heterocycles. The molecule has 1 heterocycles. The molecule has 1 aromatic heterocycles. The summed E-state index contributed by atoms with van der Waals surface area (Å²) in [4.78, 5) is 4.09. The van der Waals surface area contributed by atoms with Crippen molar-refractivity contribution in [2.75, 3.05) is 0 Å². The Bertz CT molecular complexity index is 292. The number of hydroxylamine groups is 1. The van der Waals surface area contributed by atoms with Gasteiger partial charge in [-0.3, -0.25) is 15.8 Å². The first kappa shape index (κ1) is 9.73. The highest BCUT2D eigenvalue weighted by atomic mass is 16.5. The van der Waals surface area contributed by atoms with Crippen molar-refractivity contribution in [1.29, 1.82) is 0 Å². The number of aliphatic imine (C=N–C) groups is 1. The van der Waals surface area contributed by atoms with Crippen molar-refractivity contribution >= 4 is 11.7 Å². The molecule has 3 N–H and O–H groups in total. The molecule has 5 nitrogen and oxygen atoms in total. The lowest BCUT2D eigenvalue weighted by molar-refractivity contribution is 0.234. The summed E-state index contributed by atoms with van der Waals surface area (Å²) in [6.07, 6.45) is 3.74. The third-order valence-corrected chi connectivity index (χ3v) is 1.66. The normalized spacial score (nSPS) is 11.8. The average molecular weight is 182 g/mol. The van der Waals surface area contributed by atoms with Gasteiger partial charge in [0, 0.05) is 5.56 Å². The van der Waals surface area contributed by atoms with Crippen LogP contribution in [-0.4, -0.2) is 21.2 Å². The number of amidine groups is 1. The molecule has 0 saturated carbocycles. The highest BCUT2D eigenvalue weighted by molar-refractivity contribution is 5.81. The minimum Gasteiger partial charge on any atom is -0.290 e. The van der Waals surface area contributed by atoms with E-state index in [4.69, 9.17) is 5.21 Å². The van der Waals surface area contributed by atoms with Crippen LogP contribution in [0, 0.1) is 0 Å². The van der Waals surface area contributed by atoms with Gasteiger partial charge < -0.3 is 0 Å². The second-order valence-corrected chi connectivity index (χ2v) is 2.80. The lowest BCUT2D eigenvalue weighted by Gasteiger charge is -1.97. The first-order chi connectivity index (χ1) is 6.27. The zero-order valence-electron chi connectivity index (χ0n) is 7.83. The van der Waals surface area contributed by atoms with E-state index in [1.807, 2.05) is 5.48 Å². The fourth-order valence-corrected chi connectivity index (χ4v) is 1.05. The largest absolute Gasteiger partial charge is 0.290 e. The van der Waals surface area contributed by atoms with E-state index in [0.717, 1.165) is 18.4 Å². The van der Waals surface area contributed by atoms with E-state index in [1.54, 1.807) is 13.1 Å². The molecule has 0 aliphatic carbocycles. The van der Waals surface area contributed by atoms with E-state index in [-0.39, 0.29) is 0 Å². The van der Waals surface area contributed by atoms with Crippen LogP contribution < -0.4 is 5.48 Å². The molecular weight excluding hydrogens is 168 g/mol.